The first-order valence-electron chi connectivity index (χ1n) is 11.9. The van der Waals surface area contributed by atoms with Crippen LogP contribution in [0, 0.1) is 23.6 Å². The number of benzene rings is 2. The van der Waals surface area contributed by atoms with E-state index >= 15 is 4.39 Å². The van der Waals surface area contributed by atoms with Gasteiger partial charge in [0, 0.05) is 5.56 Å². The molecule has 0 atom stereocenters. The van der Waals surface area contributed by atoms with Gasteiger partial charge in [0.1, 0.15) is 7.11 Å². The highest BCUT2D eigenvalue weighted by atomic mass is 32.2. The number of nitrogens with zero attached hydrogens (tertiary/aromatic N) is 1. The van der Waals surface area contributed by atoms with E-state index in [1.807, 2.05) is 30.3 Å². The third-order valence-electron chi connectivity index (χ3n) is 8.02. The number of phenols is 1. The molecule has 7 rings (SSSR count). The third kappa shape index (κ3) is 3.70. The van der Waals surface area contributed by atoms with Crippen LogP contribution in [0.3, 0.4) is 0 Å². The molecule has 1 saturated heterocycles. The van der Waals surface area contributed by atoms with Gasteiger partial charge in [-0.2, -0.15) is 0 Å². The Labute approximate surface area is 202 Å². The lowest BCUT2D eigenvalue weighted by molar-refractivity contribution is -0.115. The highest BCUT2D eigenvalue weighted by Gasteiger charge is 2.52. The summed E-state index contributed by atoms with van der Waals surface area (Å²) in [5.74, 6) is 1.15. The lowest BCUT2D eigenvalue weighted by Gasteiger charge is -2.57. The van der Waals surface area contributed by atoms with E-state index < -0.39 is 5.82 Å². The van der Waals surface area contributed by atoms with Crippen molar-refractivity contribution in [2.75, 3.05) is 7.11 Å². The van der Waals surface area contributed by atoms with Gasteiger partial charge in [-0.25, -0.2) is 4.39 Å². The van der Waals surface area contributed by atoms with Gasteiger partial charge < -0.3 is 9.94 Å². The minimum atomic E-state index is -0.557. The van der Waals surface area contributed by atoms with Crippen LogP contribution >= 0.6 is 11.8 Å². The minimum Gasteiger partial charge on any atom is -0.505 e. The summed E-state index contributed by atoms with van der Waals surface area (Å²) >= 11 is 1.21. The molecule has 2 N–H and O–H groups in total. The van der Waals surface area contributed by atoms with Gasteiger partial charge in [-0.05, 0) is 114 Å². The van der Waals surface area contributed by atoms with Gasteiger partial charge in [0.15, 0.2) is 11.6 Å². The van der Waals surface area contributed by atoms with Crippen molar-refractivity contribution >= 4 is 28.9 Å². The monoisotopic (exact) mass is 478 g/mol. The Kier molecular flexibility index (Phi) is 5.21. The van der Waals surface area contributed by atoms with Gasteiger partial charge in [0.2, 0.25) is 5.17 Å². The number of amides is 1. The molecule has 7 heteroatoms. The standard InChI is InChI=1S/C27H27FN2O3S/c1-33-30-26-29-25(32)23(34-26)9-15-3-2-4-19(8-15)20-10-21(24(31)22(28)11-20)27-12-16-5-17(13-27)7-18(6-16)14-27/h2-4,8-11,16-18,31H,5-7,12-14H2,1H3,(H,29,30,32). The van der Waals surface area contributed by atoms with Gasteiger partial charge in [-0.15, -0.1) is 0 Å². The van der Waals surface area contributed by atoms with Gasteiger partial charge in [-0.1, -0.05) is 23.4 Å². The fourth-order valence-electron chi connectivity index (χ4n) is 7.12. The van der Waals surface area contributed by atoms with E-state index in [2.05, 4.69) is 10.5 Å². The Hall–Kier alpha value is -2.80. The van der Waals surface area contributed by atoms with E-state index in [0.717, 1.165) is 41.5 Å². The maximum Gasteiger partial charge on any atom is 0.264 e. The number of thioether (sulfide) groups is 1. The average Bonchev–Trinajstić information content (AvgIpc) is 3.13. The predicted molar refractivity (Wildman–Crippen MR) is 132 cm³/mol. The topological polar surface area (TPSA) is 70.9 Å². The van der Waals surface area contributed by atoms with Crippen LogP contribution in [-0.4, -0.2) is 23.3 Å². The molecule has 2 aromatic carbocycles. The first-order chi connectivity index (χ1) is 16.4. The van der Waals surface area contributed by atoms with Crippen LogP contribution in [0.1, 0.15) is 49.7 Å². The first-order valence-corrected chi connectivity index (χ1v) is 12.7. The largest absolute Gasteiger partial charge is 0.505 e. The Morgan fingerprint density at radius 3 is 2.50 bits per heavy atom. The van der Waals surface area contributed by atoms with Crippen molar-refractivity contribution in [1.29, 1.82) is 0 Å². The SMILES string of the molecule is CO/N=C1\NC(=O)C(=Cc2cccc(-c3cc(F)c(O)c(C45CC6CC(CC(C6)C4)C5)c3)c2)S1. The molecule has 2 aromatic rings. The van der Waals surface area contributed by atoms with Crippen LogP contribution < -0.4 is 5.32 Å². The molecular weight excluding hydrogens is 451 g/mol. The van der Waals surface area contributed by atoms with Crippen LogP contribution in [0.4, 0.5) is 4.39 Å². The summed E-state index contributed by atoms with van der Waals surface area (Å²) in [5, 5.41) is 17.7. The second-order valence-electron chi connectivity index (χ2n) is 10.3. The number of aromatic hydroxyl groups is 1. The number of hydrogen-bond acceptors (Lipinski definition) is 5. The molecule has 34 heavy (non-hydrogen) atoms. The Balaban J connectivity index is 1.36. The first kappa shape index (κ1) is 21.7. The lowest BCUT2D eigenvalue weighted by Crippen LogP contribution is -2.48. The molecule has 0 aromatic heterocycles. The maximum atomic E-state index is 15.1. The molecule has 0 radical (unpaired) electrons. The number of carbonyl (C=O) groups excluding carboxylic acids is 1. The Bertz CT molecular complexity index is 1200. The Morgan fingerprint density at radius 1 is 1.12 bits per heavy atom. The summed E-state index contributed by atoms with van der Waals surface area (Å²) in [6.45, 7) is 0. The van der Waals surface area contributed by atoms with E-state index in [1.54, 1.807) is 6.08 Å². The molecule has 5 nitrogen and oxygen atoms in total. The van der Waals surface area contributed by atoms with Crippen molar-refractivity contribution in [3.8, 4) is 16.9 Å². The van der Waals surface area contributed by atoms with Crippen LogP contribution in [0.5, 0.6) is 5.75 Å². The fourth-order valence-corrected chi connectivity index (χ4v) is 7.93. The molecule has 0 unspecified atom stereocenters. The van der Waals surface area contributed by atoms with E-state index in [1.165, 1.54) is 44.2 Å². The molecule has 4 bridgehead atoms. The van der Waals surface area contributed by atoms with Crippen molar-refractivity contribution in [2.45, 2.75) is 43.9 Å². The summed E-state index contributed by atoms with van der Waals surface area (Å²) in [6.07, 6.45) is 8.83. The molecule has 176 valence electrons. The van der Waals surface area contributed by atoms with Crippen LogP contribution in [0.2, 0.25) is 0 Å². The zero-order valence-corrected chi connectivity index (χ0v) is 19.8. The summed E-state index contributed by atoms with van der Waals surface area (Å²) in [7, 11) is 1.43. The van der Waals surface area contributed by atoms with Crippen molar-refractivity contribution in [1.82, 2.24) is 5.32 Å². The number of carbonyl (C=O) groups is 1. The van der Waals surface area contributed by atoms with Crippen LogP contribution in [0.25, 0.3) is 17.2 Å². The third-order valence-corrected chi connectivity index (χ3v) is 8.91. The lowest BCUT2D eigenvalue weighted by atomic mass is 9.48. The molecule has 4 saturated carbocycles. The molecule has 5 aliphatic rings. The summed E-state index contributed by atoms with van der Waals surface area (Å²) in [5.41, 5.74) is 3.13. The molecular formula is C27H27FN2O3S. The molecule has 1 aliphatic heterocycles. The van der Waals surface area contributed by atoms with E-state index in [9.17, 15) is 9.90 Å². The van der Waals surface area contributed by atoms with E-state index in [4.69, 9.17) is 4.84 Å². The molecule has 5 fully saturated rings. The molecule has 0 spiro atoms. The number of hydrogen-bond donors (Lipinski definition) is 2. The number of halogens is 1. The minimum absolute atomic E-state index is 0.106. The van der Waals surface area contributed by atoms with E-state index in [-0.39, 0.29) is 17.1 Å². The van der Waals surface area contributed by atoms with Crippen LogP contribution in [-0.2, 0) is 15.0 Å². The molecule has 1 heterocycles. The second kappa shape index (κ2) is 8.15. The smallest absolute Gasteiger partial charge is 0.264 e. The normalized spacial score (nSPS) is 31.9. The Morgan fingerprint density at radius 2 is 1.82 bits per heavy atom. The summed E-state index contributed by atoms with van der Waals surface area (Å²) in [6, 6.07) is 11.1. The van der Waals surface area contributed by atoms with Crippen molar-refractivity contribution in [3.63, 3.8) is 0 Å². The quantitative estimate of drug-likeness (QED) is 0.431. The number of oxime groups is 1. The van der Waals surface area contributed by atoms with Gasteiger partial charge in [-0.3, -0.25) is 10.1 Å². The van der Waals surface area contributed by atoms with Gasteiger partial charge in [0.05, 0.1) is 4.91 Å². The van der Waals surface area contributed by atoms with Crippen LogP contribution in [0.15, 0.2) is 46.5 Å². The average molecular weight is 479 g/mol. The highest BCUT2D eigenvalue weighted by molar-refractivity contribution is 8.18. The van der Waals surface area contributed by atoms with E-state index in [0.29, 0.717) is 27.8 Å². The van der Waals surface area contributed by atoms with Gasteiger partial charge >= 0.3 is 0 Å². The molecule has 4 aliphatic carbocycles. The number of phenolic OH excluding ortho intramolecular Hbond substituents is 1. The maximum absolute atomic E-state index is 15.1. The van der Waals surface area contributed by atoms with Crippen molar-refractivity contribution < 1.29 is 19.1 Å². The van der Waals surface area contributed by atoms with Crippen molar-refractivity contribution in [3.05, 3.63) is 58.2 Å². The predicted octanol–water partition coefficient (Wildman–Crippen LogP) is 5.79. The zero-order chi connectivity index (χ0) is 23.4. The number of rotatable bonds is 4. The number of nitrogens with one attached hydrogen (secondary N) is 1. The zero-order valence-electron chi connectivity index (χ0n) is 19.0. The molecule has 1 amide bonds. The van der Waals surface area contributed by atoms with Crippen molar-refractivity contribution in [2.24, 2.45) is 22.9 Å². The fraction of sp³-hybridized carbons (Fsp3) is 0.407. The summed E-state index contributed by atoms with van der Waals surface area (Å²) in [4.78, 5) is 17.5. The second-order valence-corrected chi connectivity index (χ2v) is 11.4. The number of amidine groups is 1. The van der Waals surface area contributed by atoms with Gasteiger partial charge in [0.25, 0.3) is 5.91 Å². The summed E-state index contributed by atoms with van der Waals surface area (Å²) < 4.78 is 15.1. The highest BCUT2D eigenvalue weighted by Crippen LogP contribution is 2.62.